The molecule has 10 nitrogen and oxygen atoms in total. The highest BCUT2D eigenvalue weighted by Crippen LogP contribution is 2.22. The smallest absolute Gasteiger partial charge is 0.324 e. The van der Waals surface area contributed by atoms with E-state index >= 15 is 0 Å². The number of carbonyl (C=O) groups is 1. The third-order valence-corrected chi connectivity index (χ3v) is 6.40. The van der Waals surface area contributed by atoms with E-state index in [1.54, 1.807) is 24.4 Å². The molecule has 2 aromatic carbocycles. The summed E-state index contributed by atoms with van der Waals surface area (Å²) in [5, 5.41) is 37.9. The molecule has 3 rings (SSSR count). The lowest BCUT2D eigenvalue weighted by molar-refractivity contribution is 0.126. The summed E-state index contributed by atoms with van der Waals surface area (Å²) in [7, 11) is 0. The van der Waals surface area contributed by atoms with Crippen LogP contribution in [0.3, 0.4) is 0 Å². The number of ether oxygens (including phenoxy) is 1. The van der Waals surface area contributed by atoms with Crippen molar-refractivity contribution in [2.75, 3.05) is 36.9 Å². The average Bonchev–Trinajstić information content (AvgIpc) is 2.96. The molecule has 0 saturated carbocycles. The Balaban J connectivity index is 1.15. The first kappa shape index (κ1) is 31.0. The van der Waals surface area contributed by atoms with Crippen molar-refractivity contribution in [3.8, 4) is 5.75 Å². The highest BCUT2D eigenvalue weighted by molar-refractivity contribution is 5.99. The van der Waals surface area contributed by atoms with Crippen molar-refractivity contribution >= 4 is 17.5 Å². The van der Waals surface area contributed by atoms with Gasteiger partial charge in [0.25, 0.3) is 0 Å². The number of aromatic hydroxyl groups is 1. The number of aromatic nitrogens is 2. The van der Waals surface area contributed by atoms with Gasteiger partial charge in [-0.1, -0.05) is 31.0 Å². The molecule has 2 amide bonds. The molecular weight excluding hydrogens is 510 g/mol. The summed E-state index contributed by atoms with van der Waals surface area (Å²) >= 11 is 0. The molecule has 0 fully saturated rings. The molecule has 0 spiro atoms. The molecule has 10 heteroatoms. The van der Waals surface area contributed by atoms with Gasteiger partial charge in [0, 0.05) is 37.2 Å². The number of carbonyl (C=O) groups excluding carboxylic acids is 1. The quantitative estimate of drug-likeness (QED) is 0.126. The van der Waals surface area contributed by atoms with Crippen LogP contribution in [0.2, 0.25) is 0 Å². The molecular formula is C30H41N5O5. The second-order valence-corrected chi connectivity index (χ2v) is 9.62. The van der Waals surface area contributed by atoms with Crippen molar-refractivity contribution in [3.05, 3.63) is 77.7 Å². The Morgan fingerprint density at radius 3 is 2.58 bits per heavy atom. The van der Waals surface area contributed by atoms with Gasteiger partial charge in [0.15, 0.2) is 0 Å². The van der Waals surface area contributed by atoms with Crippen molar-refractivity contribution in [1.29, 1.82) is 0 Å². The number of phenols is 1. The van der Waals surface area contributed by atoms with E-state index in [0.29, 0.717) is 23.5 Å². The molecule has 0 bridgehead atoms. The maximum absolute atomic E-state index is 12.1. The Labute approximate surface area is 235 Å². The highest BCUT2D eigenvalue weighted by atomic mass is 16.5. The van der Waals surface area contributed by atoms with E-state index in [2.05, 4.69) is 32.0 Å². The average molecular weight is 552 g/mol. The normalized spacial score (nSPS) is 11.8. The number of hydrogen-bond acceptors (Lipinski definition) is 8. The number of aryl methyl sites for hydroxylation is 1. The number of aliphatic hydroxyl groups excluding tert-OH is 2. The van der Waals surface area contributed by atoms with Crippen LogP contribution in [0.4, 0.5) is 16.3 Å². The topological polar surface area (TPSA) is 149 Å². The number of aliphatic hydroxyl groups is 2. The van der Waals surface area contributed by atoms with Gasteiger partial charge in [0.05, 0.1) is 12.7 Å². The number of benzene rings is 2. The largest absolute Gasteiger partial charge is 0.508 e. The van der Waals surface area contributed by atoms with Gasteiger partial charge in [-0.05, 0) is 80.1 Å². The van der Waals surface area contributed by atoms with E-state index < -0.39 is 6.10 Å². The van der Waals surface area contributed by atoms with Crippen LogP contribution in [0.25, 0.3) is 0 Å². The van der Waals surface area contributed by atoms with Crippen molar-refractivity contribution < 1.29 is 24.9 Å². The van der Waals surface area contributed by atoms with Gasteiger partial charge in [0.2, 0.25) is 0 Å². The van der Waals surface area contributed by atoms with Crippen LogP contribution in [0.5, 0.6) is 5.75 Å². The fourth-order valence-corrected chi connectivity index (χ4v) is 4.19. The molecule has 0 saturated heterocycles. The molecule has 3 aromatic rings. The first-order chi connectivity index (χ1) is 19.5. The van der Waals surface area contributed by atoms with Crippen LogP contribution in [0.15, 0.2) is 61.1 Å². The van der Waals surface area contributed by atoms with Gasteiger partial charge in [-0.2, -0.15) is 0 Å². The Hall–Kier alpha value is -3.57. The van der Waals surface area contributed by atoms with Gasteiger partial charge >= 0.3 is 6.03 Å². The molecule has 0 aliphatic rings. The molecule has 1 heterocycles. The summed E-state index contributed by atoms with van der Waals surface area (Å²) in [6.45, 7) is 2.51. The van der Waals surface area contributed by atoms with Crippen molar-refractivity contribution in [1.82, 2.24) is 15.3 Å². The minimum Gasteiger partial charge on any atom is -0.508 e. The molecule has 1 aromatic heterocycles. The molecule has 0 radical (unpaired) electrons. The minimum atomic E-state index is -0.678. The zero-order chi connectivity index (χ0) is 28.4. The lowest BCUT2D eigenvalue weighted by Gasteiger charge is -2.14. The molecule has 6 N–H and O–H groups in total. The highest BCUT2D eigenvalue weighted by Gasteiger charge is 2.10. The molecule has 0 unspecified atom stereocenters. The van der Waals surface area contributed by atoms with Crippen molar-refractivity contribution in [2.24, 2.45) is 0 Å². The molecule has 40 heavy (non-hydrogen) atoms. The number of anilines is 2. The molecule has 1 atom stereocenters. The number of hydrogen-bond donors (Lipinski definition) is 6. The van der Waals surface area contributed by atoms with Crippen LogP contribution < -0.4 is 16.0 Å². The Bertz CT molecular complexity index is 1150. The van der Waals surface area contributed by atoms with Crippen LogP contribution >= 0.6 is 0 Å². The van der Waals surface area contributed by atoms with Crippen LogP contribution in [0, 0.1) is 0 Å². The van der Waals surface area contributed by atoms with Crippen LogP contribution in [0.1, 0.15) is 61.3 Å². The first-order valence-corrected chi connectivity index (χ1v) is 13.9. The number of amides is 2. The SMILES string of the molecule is O=C(Nc1cccc(CCCCOCCCCCCNC[C@@H](O)c2ccc(O)c(CO)c2)c1)Nc1ccncn1. The summed E-state index contributed by atoms with van der Waals surface area (Å²) < 4.78 is 5.78. The Morgan fingerprint density at radius 1 is 0.950 bits per heavy atom. The third-order valence-electron chi connectivity index (χ3n) is 6.40. The number of nitrogens with one attached hydrogen (secondary N) is 3. The third kappa shape index (κ3) is 11.7. The number of unbranched alkanes of at least 4 members (excludes halogenated alkanes) is 4. The lowest BCUT2D eigenvalue weighted by Crippen LogP contribution is -2.22. The maximum Gasteiger partial charge on any atom is 0.324 e. The van der Waals surface area contributed by atoms with Gasteiger partial charge in [-0.3, -0.25) is 5.32 Å². The monoisotopic (exact) mass is 551 g/mol. The second-order valence-electron chi connectivity index (χ2n) is 9.62. The van der Waals surface area contributed by atoms with Gasteiger partial charge in [0.1, 0.15) is 17.9 Å². The van der Waals surface area contributed by atoms with E-state index in [1.807, 2.05) is 18.2 Å². The fourth-order valence-electron chi connectivity index (χ4n) is 4.19. The van der Waals surface area contributed by atoms with Gasteiger partial charge in [-0.15, -0.1) is 0 Å². The zero-order valence-electron chi connectivity index (χ0n) is 22.9. The van der Waals surface area contributed by atoms with Gasteiger partial charge in [-0.25, -0.2) is 14.8 Å². The minimum absolute atomic E-state index is 0.0366. The second kappa shape index (κ2) is 17.9. The van der Waals surface area contributed by atoms with E-state index in [4.69, 9.17) is 4.74 Å². The molecule has 216 valence electrons. The lowest BCUT2D eigenvalue weighted by atomic mass is 10.1. The molecule has 0 aliphatic carbocycles. The molecule has 0 aliphatic heterocycles. The summed E-state index contributed by atoms with van der Waals surface area (Å²) in [4.78, 5) is 19.9. The predicted molar refractivity (Wildman–Crippen MR) is 155 cm³/mol. The van der Waals surface area contributed by atoms with E-state index in [1.165, 1.54) is 18.0 Å². The van der Waals surface area contributed by atoms with Crippen molar-refractivity contribution in [3.63, 3.8) is 0 Å². The Kier molecular flexibility index (Phi) is 13.9. The zero-order valence-corrected chi connectivity index (χ0v) is 22.9. The predicted octanol–water partition coefficient (Wildman–Crippen LogP) is 4.54. The number of rotatable bonds is 18. The van der Waals surface area contributed by atoms with Gasteiger partial charge < -0.3 is 30.7 Å². The van der Waals surface area contributed by atoms with E-state index in [9.17, 15) is 20.1 Å². The summed E-state index contributed by atoms with van der Waals surface area (Å²) in [6.07, 6.45) is 9.45. The van der Waals surface area contributed by atoms with E-state index in [0.717, 1.165) is 70.4 Å². The summed E-state index contributed by atoms with van der Waals surface area (Å²) in [5.41, 5.74) is 3.00. The summed E-state index contributed by atoms with van der Waals surface area (Å²) in [5.74, 6) is 0.480. The fraction of sp³-hybridized carbons (Fsp3) is 0.433. The van der Waals surface area contributed by atoms with E-state index in [-0.39, 0.29) is 18.4 Å². The van der Waals surface area contributed by atoms with Crippen LogP contribution in [-0.2, 0) is 17.8 Å². The maximum atomic E-state index is 12.1. The van der Waals surface area contributed by atoms with Crippen LogP contribution in [-0.4, -0.2) is 57.6 Å². The number of urea groups is 1. The standard InChI is InChI=1S/C30H41N5O5/c36-21-25-19-24(11-12-27(25)37)28(38)20-31-14-4-1-2-5-16-40-17-6-3-8-23-9-7-10-26(18-23)34-30(39)35-29-13-15-32-22-33-29/h7,9-13,15,18-19,22,28,31,36-38H,1-6,8,14,16-17,20-21H2,(H2,32,33,34,35,39)/t28-/m1/s1. The summed E-state index contributed by atoms with van der Waals surface area (Å²) in [6, 6.07) is 13.9. The van der Waals surface area contributed by atoms with Crippen molar-refractivity contribution in [2.45, 2.75) is 57.7 Å². The first-order valence-electron chi connectivity index (χ1n) is 13.9. The Morgan fingerprint density at radius 2 is 1.77 bits per heavy atom. The number of nitrogens with zero attached hydrogens (tertiary/aromatic N) is 2.